The molecule has 0 aliphatic heterocycles. The van der Waals surface area contributed by atoms with Crippen molar-refractivity contribution in [2.45, 2.75) is 0 Å². The summed E-state index contributed by atoms with van der Waals surface area (Å²) in [4.78, 5) is 0. The molecule has 0 fully saturated rings. The smallest absolute Gasteiger partial charge is 0.136 e. The van der Waals surface area contributed by atoms with Crippen LogP contribution in [-0.4, -0.2) is 0 Å². The summed E-state index contributed by atoms with van der Waals surface area (Å²) < 4.78 is 84.6. The van der Waals surface area contributed by atoms with Crippen LogP contribution >= 0.6 is 0 Å². The molecule has 0 saturated heterocycles. The van der Waals surface area contributed by atoms with Gasteiger partial charge in [-0.1, -0.05) is 158 Å². The molecule has 1 heteroatoms. The van der Waals surface area contributed by atoms with Gasteiger partial charge in [0.15, 0.2) is 0 Å². The highest BCUT2D eigenvalue weighted by atomic mass is 16.3. The second-order valence-electron chi connectivity index (χ2n) is 12.2. The number of rotatable bonds is 4. The predicted molar refractivity (Wildman–Crippen MR) is 208 cm³/mol. The summed E-state index contributed by atoms with van der Waals surface area (Å²) in [5.74, 6) is 0. The fourth-order valence-electron chi connectivity index (χ4n) is 7.11. The van der Waals surface area contributed by atoms with Crippen LogP contribution in [0.5, 0.6) is 0 Å². The van der Waals surface area contributed by atoms with Gasteiger partial charge in [0.1, 0.15) is 11.2 Å². The fraction of sp³-hybridized carbons (Fsp3) is 0. The minimum atomic E-state index is -0.479. The Morgan fingerprint density at radius 1 is 0.327 bits per heavy atom. The topological polar surface area (TPSA) is 13.1 Å². The summed E-state index contributed by atoms with van der Waals surface area (Å²) in [6.07, 6.45) is 0. The lowest BCUT2D eigenvalue weighted by Crippen LogP contribution is -1.91. The van der Waals surface area contributed by atoms with E-state index in [9.17, 15) is 5.48 Å². The van der Waals surface area contributed by atoms with E-state index in [2.05, 4.69) is 36.4 Å². The highest BCUT2D eigenvalue weighted by Crippen LogP contribution is 2.45. The van der Waals surface area contributed by atoms with Gasteiger partial charge in [-0.15, -0.1) is 0 Å². The SMILES string of the molecule is [2H]c1c([2H])c([2H])c(-c2ccc(-c3c([2H])c([2H])c(-c4c5ccccc5c(-c5ccc6oc7cc8ccccc8cc7c6c5)c5ccccc45)c([2H])c3[2H])cc2)c([2H])c1[2H]. The summed E-state index contributed by atoms with van der Waals surface area (Å²) in [5.41, 5.74) is 5.28. The van der Waals surface area contributed by atoms with E-state index < -0.39 is 18.1 Å². The molecule has 1 heterocycles. The number of hydrogen-bond donors (Lipinski definition) is 0. The molecule has 9 aromatic carbocycles. The Kier molecular flexibility index (Phi) is 4.53. The zero-order chi connectivity index (χ0) is 40.1. The third kappa shape index (κ3) is 4.55. The second-order valence-corrected chi connectivity index (χ2v) is 12.2. The molecular weight excluding hydrogens is 593 g/mol. The van der Waals surface area contributed by atoms with E-state index in [1.165, 1.54) is 0 Å². The molecule has 49 heavy (non-hydrogen) atoms. The van der Waals surface area contributed by atoms with Gasteiger partial charge in [-0.3, -0.25) is 0 Å². The van der Waals surface area contributed by atoms with Gasteiger partial charge in [0.2, 0.25) is 0 Å². The second kappa shape index (κ2) is 11.1. The molecular formula is C48H30O. The summed E-state index contributed by atoms with van der Waals surface area (Å²) >= 11 is 0. The van der Waals surface area contributed by atoms with Crippen LogP contribution in [0.15, 0.2) is 186 Å². The maximum absolute atomic E-state index is 9.43. The van der Waals surface area contributed by atoms with Crippen LogP contribution in [0.3, 0.4) is 0 Å². The number of hydrogen-bond acceptors (Lipinski definition) is 1. The zero-order valence-electron chi connectivity index (χ0n) is 35.0. The van der Waals surface area contributed by atoms with Gasteiger partial charge in [-0.05, 0) is 101 Å². The van der Waals surface area contributed by atoms with Crippen molar-refractivity contribution < 1.29 is 16.8 Å². The van der Waals surface area contributed by atoms with Crippen LogP contribution in [0.25, 0.3) is 98.8 Å². The quantitative estimate of drug-likeness (QED) is 0.176. The zero-order valence-corrected chi connectivity index (χ0v) is 26.0. The monoisotopic (exact) mass is 631 g/mol. The summed E-state index contributed by atoms with van der Waals surface area (Å²) in [7, 11) is 0. The highest BCUT2D eigenvalue weighted by molar-refractivity contribution is 6.22. The summed E-state index contributed by atoms with van der Waals surface area (Å²) in [6.45, 7) is 0. The van der Waals surface area contributed by atoms with Gasteiger partial charge >= 0.3 is 0 Å². The Labute approximate surface area is 297 Å². The number of furan rings is 1. The van der Waals surface area contributed by atoms with E-state index >= 15 is 0 Å². The number of benzene rings is 9. The maximum atomic E-state index is 9.43. The lowest BCUT2D eigenvalue weighted by atomic mass is 9.85. The molecule has 0 atom stereocenters. The Hall–Kier alpha value is -6.44. The van der Waals surface area contributed by atoms with Gasteiger partial charge < -0.3 is 4.42 Å². The largest absolute Gasteiger partial charge is 0.456 e. The van der Waals surface area contributed by atoms with Crippen LogP contribution in [-0.2, 0) is 0 Å². The Morgan fingerprint density at radius 2 is 0.796 bits per heavy atom. The average Bonchev–Trinajstić information content (AvgIpc) is 3.60. The van der Waals surface area contributed by atoms with Crippen molar-refractivity contribution in [3.05, 3.63) is 182 Å². The molecule has 0 unspecified atom stereocenters. The van der Waals surface area contributed by atoms with Crippen LogP contribution in [0.1, 0.15) is 12.3 Å². The molecule has 1 aromatic heterocycles. The van der Waals surface area contributed by atoms with Crippen molar-refractivity contribution in [1.82, 2.24) is 0 Å². The van der Waals surface area contributed by atoms with Crippen LogP contribution in [0.2, 0.25) is 0 Å². The lowest BCUT2D eigenvalue weighted by molar-refractivity contribution is 0.669. The molecule has 10 rings (SSSR count). The fourth-order valence-corrected chi connectivity index (χ4v) is 7.11. The van der Waals surface area contributed by atoms with Gasteiger partial charge in [0, 0.05) is 10.8 Å². The van der Waals surface area contributed by atoms with Gasteiger partial charge in [0.25, 0.3) is 0 Å². The van der Waals surface area contributed by atoms with Crippen molar-refractivity contribution >= 4 is 54.3 Å². The van der Waals surface area contributed by atoms with Crippen molar-refractivity contribution in [2.24, 2.45) is 0 Å². The van der Waals surface area contributed by atoms with E-state index in [0.717, 1.165) is 65.4 Å². The van der Waals surface area contributed by atoms with Gasteiger partial charge in [0.05, 0.1) is 12.3 Å². The Bertz CT molecular complexity index is 3270. The number of fused-ring (bicyclic) bond motifs is 6. The first kappa shape index (κ1) is 20.0. The molecule has 0 bridgehead atoms. The Balaban J connectivity index is 1.16. The van der Waals surface area contributed by atoms with E-state index in [4.69, 9.17) is 11.3 Å². The normalized spacial score (nSPS) is 14.2. The third-order valence-electron chi connectivity index (χ3n) is 9.39. The van der Waals surface area contributed by atoms with E-state index in [1.54, 1.807) is 24.3 Å². The van der Waals surface area contributed by atoms with Gasteiger partial charge in [-0.25, -0.2) is 0 Å². The highest BCUT2D eigenvalue weighted by Gasteiger charge is 2.18. The minimum absolute atomic E-state index is 0.0429. The van der Waals surface area contributed by atoms with Crippen molar-refractivity contribution in [3.63, 3.8) is 0 Å². The van der Waals surface area contributed by atoms with Crippen LogP contribution in [0.4, 0.5) is 0 Å². The van der Waals surface area contributed by atoms with Crippen LogP contribution < -0.4 is 0 Å². The molecule has 0 N–H and O–H groups in total. The molecule has 0 radical (unpaired) electrons. The predicted octanol–water partition coefficient (Wildman–Crippen LogP) is 13.7. The van der Waals surface area contributed by atoms with E-state index in [-0.39, 0.29) is 52.9 Å². The first-order valence-electron chi connectivity index (χ1n) is 20.6. The van der Waals surface area contributed by atoms with Crippen molar-refractivity contribution in [1.29, 1.82) is 0 Å². The maximum Gasteiger partial charge on any atom is 0.136 e. The average molecular weight is 632 g/mol. The molecule has 10 aromatic rings. The summed E-state index contributed by atoms with van der Waals surface area (Å²) in [6, 6.07) is 38.0. The van der Waals surface area contributed by atoms with Crippen molar-refractivity contribution in [3.8, 4) is 44.5 Å². The molecule has 0 spiro atoms. The molecule has 228 valence electrons. The molecule has 0 amide bonds. The third-order valence-corrected chi connectivity index (χ3v) is 9.39. The van der Waals surface area contributed by atoms with Gasteiger partial charge in [-0.2, -0.15) is 0 Å². The van der Waals surface area contributed by atoms with E-state index in [0.29, 0.717) is 16.7 Å². The molecule has 0 aliphatic carbocycles. The lowest BCUT2D eigenvalue weighted by Gasteiger charge is -2.18. The molecule has 0 saturated carbocycles. The first-order chi connectivity index (χ1) is 28.0. The van der Waals surface area contributed by atoms with E-state index in [1.807, 2.05) is 66.7 Å². The molecule has 0 aliphatic rings. The Morgan fingerprint density at radius 3 is 1.41 bits per heavy atom. The molecule has 1 nitrogen and oxygen atoms in total. The first-order valence-corrected chi connectivity index (χ1v) is 16.1. The summed E-state index contributed by atoms with van der Waals surface area (Å²) in [5, 5.41) is 7.62. The van der Waals surface area contributed by atoms with Crippen LogP contribution in [0, 0.1) is 0 Å². The van der Waals surface area contributed by atoms with Crippen molar-refractivity contribution in [2.75, 3.05) is 0 Å². The standard InChI is InChI=1S/C48H30O/c1-2-10-31(11-3-1)32-18-20-33(21-19-32)34-22-24-35(25-23-34)47-39-14-6-8-16-41(39)48(42-17-9-7-15-40(42)47)38-26-27-45-43(29-38)44-28-36-12-4-5-13-37(36)30-46(44)49-45/h1-30H/i1D,2D,3D,10D,11D,22D,23D,24D,25D. The minimum Gasteiger partial charge on any atom is -0.456 e.